The Kier molecular flexibility index (Phi) is 34.4. The highest BCUT2D eigenvalue weighted by Crippen LogP contribution is 2.25. The number of carbonyl (C=O) groups excluding carboxylic acids is 1. The molecule has 8 nitrogen and oxygen atoms in total. The van der Waals surface area contributed by atoms with Crippen LogP contribution in [0.15, 0.2) is 0 Å². The van der Waals surface area contributed by atoms with Crippen molar-refractivity contribution in [1.82, 2.24) is 5.32 Å². The van der Waals surface area contributed by atoms with Crippen LogP contribution >= 0.6 is 7.82 Å². The molecule has 0 rings (SSSR count). The number of primary amides is 1. The molecule has 1 amide bonds. The molecule has 0 aromatic carbocycles. The standard InChI is InChI=1S/C18H37NO.C5H13NO.H3O4P/c1-2-3-4-5-6-7-8-9-10-11-12-13-14-15-16-17-18(19)20;1-2-3-6-4-5-7;1-5(2,3)4/h2-17H2,1H3,(H2,19,20);6-7H,2-5H2,1H3;(H3,1,2,3,4). The number of phosphoric acid groups is 1. The molecule has 0 aliphatic heterocycles. The second kappa shape index (κ2) is 30.5. The first kappa shape index (κ1) is 36.1. The first-order valence-electron chi connectivity index (χ1n) is 12.6. The highest BCUT2D eigenvalue weighted by Gasteiger charge is 2.00. The molecule has 0 saturated carbocycles. The van der Waals surface area contributed by atoms with Gasteiger partial charge in [0.25, 0.3) is 0 Å². The third-order valence-electron chi connectivity index (χ3n) is 4.74. The summed E-state index contributed by atoms with van der Waals surface area (Å²) in [6, 6.07) is 0. The zero-order valence-corrected chi connectivity index (χ0v) is 21.7. The topological polar surface area (TPSA) is 153 Å². The van der Waals surface area contributed by atoms with E-state index < -0.39 is 7.82 Å². The van der Waals surface area contributed by atoms with Gasteiger partial charge in [0.1, 0.15) is 0 Å². The van der Waals surface area contributed by atoms with Crippen molar-refractivity contribution >= 4 is 13.7 Å². The first-order valence-corrected chi connectivity index (χ1v) is 14.1. The van der Waals surface area contributed by atoms with Gasteiger partial charge in [-0.15, -0.1) is 0 Å². The van der Waals surface area contributed by atoms with Crippen molar-refractivity contribution in [3.63, 3.8) is 0 Å². The minimum absolute atomic E-state index is 0.153. The summed E-state index contributed by atoms with van der Waals surface area (Å²) in [5, 5.41) is 11.3. The molecule has 0 heterocycles. The van der Waals surface area contributed by atoms with Gasteiger partial charge in [-0.2, -0.15) is 0 Å². The normalized spacial score (nSPS) is 10.7. The number of amides is 1. The molecule has 32 heavy (non-hydrogen) atoms. The van der Waals surface area contributed by atoms with Crippen molar-refractivity contribution in [3.8, 4) is 0 Å². The minimum Gasteiger partial charge on any atom is -0.395 e. The lowest BCUT2D eigenvalue weighted by Gasteiger charge is -2.03. The number of nitrogens with one attached hydrogen (secondary N) is 1. The van der Waals surface area contributed by atoms with E-state index in [1.54, 1.807) is 0 Å². The number of hydrogen-bond acceptors (Lipinski definition) is 4. The van der Waals surface area contributed by atoms with Gasteiger partial charge in [0.05, 0.1) is 6.61 Å². The van der Waals surface area contributed by atoms with Crippen LogP contribution in [0, 0.1) is 0 Å². The van der Waals surface area contributed by atoms with E-state index in [4.69, 9.17) is 30.1 Å². The zero-order chi connectivity index (χ0) is 24.9. The SMILES string of the molecule is CCCCCCCCCCCCCCCCCC(N)=O.CCCNCCO.O=P(O)(O)O. The maximum Gasteiger partial charge on any atom is 0.466 e. The van der Waals surface area contributed by atoms with Crippen LogP contribution < -0.4 is 11.1 Å². The Bertz CT molecular complexity index is 396. The Balaban J connectivity index is -0.000000572. The number of rotatable bonds is 20. The highest BCUT2D eigenvalue weighted by atomic mass is 31.2. The van der Waals surface area contributed by atoms with E-state index in [0.29, 0.717) is 6.42 Å². The molecule has 0 fully saturated rings. The van der Waals surface area contributed by atoms with Crippen molar-refractivity contribution < 1.29 is 29.1 Å². The summed E-state index contributed by atoms with van der Waals surface area (Å²) in [7, 11) is -4.64. The second-order valence-electron chi connectivity index (χ2n) is 8.15. The lowest BCUT2D eigenvalue weighted by molar-refractivity contribution is -0.118. The van der Waals surface area contributed by atoms with Gasteiger partial charge in [-0.1, -0.05) is 104 Å². The number of aliphatic hydroxyl groups is 1. The molecule has 9 heteroatoms. The van der Waals surface area contributed by atoms with E-state index in [9.17, 15) is 4.79 Å². The molecular weight excluding hydrogens is 431 g/mol. The molecule has 7 N–H and O–H groups in total. The number of carbonyl (C=O) groups is 1. The monoisotopic (exact) mass is 484 g/mol. The van der Waals surface area contributed by atoms with Crippen LogP contribution in [-0.2, 0) is 9.36 Å². The molecule has 0 aliphatic carbocycles. The molecule has 196 valence electrons. The largest absolute Gasteiger partial charge is 0.466 e. The average molecular weight is 485 g/mol. The lowest BCUT2D eigenvalue weighted by atomic mass is 10.0. The molecule has 0 aromatic rings. The van der Waals surface area contributed by atoms with E-state index in [1.807, 2.05) is 0 Å². The second-order valence-corrected chi connectivity index (χ2v) is 9.18. The summed E-state index contributed by atoms with van der Waals surface area (Å²) in [4.78, 5) is 32.1. The number of nitrogens with two attached hydrogens (primary N) is 1. The Labute approximate surface area is 197 Å². The smallest absolute Gasteiger partial charge is 0.395 e. The summed E-state index contributed by atoms with van der Waals surface area (Å²) in [6.45, 7) is 6.37. The maximum atomic E-state index is 10.6. The molecule has 0 spiro atoms. The maximum absolute atomic E-state index is 10.6. The van der Waals surface area contributed by atoms with Crippen molar-refractivity contribution in [2.75, 3.05) is 19.7 Å². The Morgan fingerprint density at radius 1 is 0.688 bits per heavy atom. The molecule has 0 unspecified atom stereocenters. The van der Waals surface area contributed by atoms with Gasteiger partial charge in [0.2, 0.25) is 5.91 Å². The van der Waals surface area contributed by atoms with Crippen LogP contribution in [0.1, 0.15) is 123 Å². The van der Waals surface area contributed by atoms with Crippen molar-refractivity contribution in [3.05, 3.63) is 0 Å². The Morgan fingerprint density at radius 2 is 1.03 bits per heavy atom. The average Bonchev–Trinajstić information content (AvgIpc) is 2.70. The lowest BCUT2D eigenvalue weighted by Crippen LogP contribution is -2.18. The van der Waals surface area contributed by atoms with Crippen LogP contribution in [0.4, 0.5) is 0 Å². The van der Waals surface area contributed by atoms with Crippen LogP contribution in [0.2, 0.25) is 0 Å². The predicted octanol–water partition coefficient (Wildman–Crippen LogP) is 4.78. The van der Waals surface area contributed by atoms with E-state index in [-0.39, 0.29) is 12.5 Å². The van der Waals surface area contributed by atoms with Crippen molar-refractivity contribution in [1.29, 1.82) is 0 Å². The molecule has 0 atom stereocenters. The van der Waals surface area contributed by atoms with Crippen molar-refractivity contribution in [2.45, 2.75) is 123 Å². The fourth-order valence-electron chi connectivity index (χ4n) is 3.05. The third kappa shape index (κ3) is 57.0. The van der Waals surface area contributed by atoms with Gasteiger partial charge in [0.15, 0.2) is 0 Å². The summed E-state index contributed by atoms with van der Waals surface area (Å²) < 4.78 is 8.88. The molecule has 0 aromatic heterocycles. The molecule has 0 radical (unpaired) electrons. The molecule has 0 bridgehead atoms. The van der Waals surface area contributed by atoms with E-state index in [1.165, 1.54) is 89.9 Å². The molecule has 0 saturated heterocycles. The third-order valence-corrected chi connectivity index (χ3v) is 4.74. The van der Waals surface area contributed by atoms with E-state index >= 15 is 0 Å². The van der Waals surface area contributed by atoms with Crippen LogP contribution in [0.25, 0.3) is 0 Å². The quantitative estimate of drug-likeness (QED) is 0.107. The molecular formula is C23H53N2O6P. The highest BCUT2D eigenvalue weighted by molar-refractivity contribution is 7.45. The van der Waals surface area contributed by atoms with Gasteiger partial charge in [0, 0.05) is 13.0 Å². The zero-order valence-electron chi connectivity index (χ0n) is 20.8. The predicted molar refractivity (Wildman–Crippen MR) is 133 cm³/mol. The summed E-state index contributed by atoms with van der Waals surface area (Å²) >= 11 is 0. The summed E-state index contributed by atoms with van der Waals surface area (Å²) in [6.07, 6.45) is 22.0. The van der Waals surface area contributed by atoms with Gasteiger partial charge < -0.3 is 30.8 Å². The molecule has 0 aliphatic rings. The number of unbranched alkanes of at least 4 members (excludes halogenated alkanes) is 14. The van der Waals surface area contributed by atoms with E-state index in [0.717, 1.165) is 25.9 Å². The minimum atomic E-state index is -4.64. The van der Waals surface area contributed by atoms with Gasteiger partial charge >= 0.3 is 7.82 Å². The van der Waals surface area contributed by atoms with E-state index in [2.05, 4.69) is 19.2 Å². The first-order chi connectivity index (χ1) is 15.2. The number of aliphatic hydroxyl groups excluding tert-OH is 1. The van der Waals surface area contributed by atoms with Crippen LogP contribution in [0.5, 0.6) is 0 Å². The van der Waals surface area contributed by atoms with Crippen LogP contribution in [-0.4, -0.2) is 45.4 Å². The number of hydrogen-bond donors (Lipinski definition) is 6. The van der Waals surface area contributed by atoms with Crippen molar-refractivity contribution in [2.24, 2.45) is 5.73 Å². The van der Waals surface area contributed by atoms with Gasteiger partial charge in [-0.05, 0) is 19.4 Å². The van der Waals surface area contributed by atoms with Gasteiger partial charge in [-0.3, -0.25) is 4.79 Å². The Hall–Kier alpha value is -0.500. The fraction of sp³-hybridized carbons (Fsp3) is 0.957. The van der Waals surface area contributed by atoms with Gasteiger partial charge in [-0.25, -0.2) is 4.57 Å². The summed E-state index contributed by atoms with van der Waals surface area (Å²) in [5.41, 5.74) is 5.11. The fourth-order valence-corrected chi connectivity index (χ4v) is 3.05. The van der Waals surface area contributed by atoms with Crippen LogP contribution in [0.3, 0.4) is 0 Å². The summed E-state index contributed by atoms with van der Waals surface area (Å²) in [5.74, 6) is -0.153. The Morgan fingerprint density at radius 3 is 1.31 bits per heavy atom.